The van der Waals surface area contributed by atoms with Gasteiger partial charge in [-0.3, -0.25) is 23.2 Å². The second-order valence-corrected chi connectivity index (χ2v) is 19.7. The first-order chi connectivity index (χ1) is 33.5. The van der Waals surface area contributed by atoms with Gasteiger partial charge in [0.1, 0.15) is 43.2 Å². The lowest BCUT2D eigenvalue weighted by atomic mass is 9.85. The van der Waals surface area contributed by atoms with Crippen molar-refractivity contribution in [2.45, 2.75) is 198 Å². The molecular weight excluding hydrogens is 946 g/mol. The number of rotatable bonds is 40. The molecule has 0 aliphatic heterocycles. The Kier molecular flexibility index (Phi) is 37.4. The van der Waals surface area contributed by atoms with Gasteiger partial charge in [-0.05, 0) is 110 Å². The van der Waals surface area contributed by atoms with Gasteiger partial charge in [0.05, 0.1) is 12.7 Å². The Morgan fingerprint density at radius 1 is 0.514 bits per heavy atom. The van der Waals surface area contributed by atoms with Gasteiger partial charge in [0.15, 0.2) is 6.10 Å². The summed E-state index contributed by atoms with van der Waals surface area (Å²) in [6.07, 6.45) is 34.9. The quantitative estimate of drug-likeness (QED) is 0.0123. The first kappa shape index (κ1) is 64.9. The smallest absolute Gasteiger partial charge is 0.462 e. The maximum atomic E-state index is 13.0. The van der Waals surface area contributed by atoms with E-state index in [1.807, 2.05) is 18.2 Å². The van der Waals surface area contributed by atoms with Gasteiger partial charge < -0.3 is 49.7 Å². The van der Waals surface area contributed by atoms with Crippen molar-refractivity contribution in [3.05, 3.63) is 97.2 Å². The Hall–Kier alpha value is -3.12. The lowest BCUT2D eigenvalue weighted by Crippen LogP contribution is -2.64. The summed E-state index contributed by atoms with van der Waals surface area (Å²) in [4.78, 5) is 54.3. The molecule has 0 bridgehead atoms. The predicted octanol–water partition coefficient (Wildman–Crippen LogP) is 8.92. The second-order valence-electron chi connectivity index (χ2n) is 17.1. The number of unbranched alkanes of at least 4 members (excludes halogenated alkanes) is 8. The van der Waals surface area contributed by atoms with E-state index in [-0.39, 0.29) is 18.9 Å². The molecule has 9 atom stereocenters. The number of hydrogen-bond acceptors (Lipinski definition) is 14. The van der Waals surface area contributed by atoms with Crippen molar-refractivity contribution in [3.63, 3.8) is 0 Å². The SMILES string of the molecule is CCCCC/C=C\C/C=C\C/C=C\C/C=C\CCCCCC(=O)OC[C@H](COP(=O)(O)O[C@H]1C(O)C(O)C(O)[C@@H](OP(=O)(O)O)C1O)OC(=O)CCC/C=C\C/C=C\C/C=C\C/C=C\CCC[C@H](C)O. The first-order valence-electron chi connectivity index (χ1n) is 24.8. The van der Waals surface area contributed by atoms with Crippen molar-refractivity contribution < 1.29 is 82.0 Å². The molecule has 19 heteroatoms. The molecule has 0 spiro atoms. The second kappa shape index (κ2) is 40.4. The van der Waals surface area contributed by atoms with Crippen molar-refractivity contribution in [1.29, 1.82) is 0 Å². The monoisotopic (exact) mass is 1030 g/mol. The van der Waals surface area contributed by atoms with Crippen LogP contribution in [0.3, 0.4) is 0 Å². The van der Waals surface area contributed by atoms with Gasteiger partial charge in [-0.15, -0.1) is 0 Å². The Morgan fingerprint density at radius 2 is 0.943 bits per heavy atom. The molecule has 400 valence electrons. The van der Waals surface area contributed by atoms with Gasteiger partial charge in [-0.2, -0.15) is 0 Å². The number of allylic oxidation sites excluding steroid dienone is 16. The molecule has 1 saturated carbocycles. The van der Waals surface area contributed by atoms with Gasteiger partial charge in [-0.1, -0.05) is 123 Å². The van der Waals surface area contributed by atoms with Crippen LogP contribution >= 0.6 is 15.6 Å². The third kappa shape index (κ3) is 35.1. The average Bonchev–Trinajstić information content (AvgIpc) is 3.30. The molecule has 1 aliphatic rings. The maximum absolute atomic E-state index is 13.0. The molecule has 0 heterocycles. The van der Waals surface area contributed by atoms with Crippen LogP contribution in [-0.2, 0) is 41.8 Å². The molecule has 70 heavy (non-hydrogen) atoms. The highest BCUT2D eigenvalue weighted by atomic mass is 31.2. The van der Waals surface area contributed by atoms with Crippen LogP contribution in [0.15, 0.2) is 97.2 Å². The van der Waals surface area contributed by atoms with E-state index in [1.54, 1.807) is 6.92 Å². The summed E-state index contributed by atoms with van der Waals surface area (Å²) in [5.41, 5.74) is 0. The number of aliphatic hydroxyl groups is 5. The minimum absolute atomic E-state index is 0.0568. The van der Waals surface area contributed by atoms with Crippen LogP contribution in [0.4, 0.5) is 0 Å². The highest BCUT2D eigenvalue weighted by Crippen LogP contribution is 2.49. The van der Waals surface area contributed by atoms with E-state index in [0.717, 1.165) is 77.0 Å². The molecule has 8 N–H and O–H groups in total. The highest BCUT2D eigenvalue weighted by molar-refractivity contribution is 7.47. The van der Waals surface area contributed by atoms with Crippen LogP contribution in [0.25, 0.3) is 0 Å². The van der Waals surface area contributed by atoms with Crippen LogP contribution < -0.4 is 0 Å². The summed E-state index contributed by atoms with van der Waals surface area (Å²) in [5.74, 6) is -1.33. The standard InChI is InChI=1S/C51H84O17P2/c1-3-4-5-6-7-8-9-10-11-12-13-14-17-20-23-26-29-32-35-38-44(53)64-40-43(41-65-70(62,63)68-51-48(57)46(55)47(56)50(49(51)58)67-69(59,60)61)66-45(54)39-36-33-30-27-24-21-18-15-16-19-22-25-28-31-34-37-42(2)52/h7-8,10-11,13-14,16,18-21,23,25,27-28,30,42-43,46-52,55-58H,3-6,9,12,15,17,22,24,26,29,31-41H2,1-2H3,(H,62,63)(H2,59,60,61)/b8-7-,11-10-,14-13-,19-16-,21-18-,23-20-,28-25-,30-27-/t42-,43+,46?,47?,48?,49?,50+,51-/m0/s1. The largest absolute Gasteiger partial charge is 0.472 e. The molecule has 17 nitrogen and oxygen atoms in total. The van der Waals surface area contributed by atoms with Crippen molar-refractivity contribution in [2.24, 2.45) is 0 Å². The fourth-order valence-electron chi connectivity index (χ4n) is 6.78. The van der Waals surface area contributed by atoms with E-state index in [9.17, 15) is 58.9 Å². The molecule has 0 aromatic rings. The summed E-state index contributed by atoms with van der Waals surface area (Å²) in [7, 11) is -10.7. The van der Waals surface area contributed by atoms with Gasteiger partial charge in [0, 0.05) is 12.8 Å². The number of aliphatic hydroxyl groups excluding tert-OH is 5. The van der Waals surface area contributed by atoms with E-state index < -0.39 is 83.5 Å². The third-order valence-corrected chi connectivity index (χ3v) is 12.2. The lowest BCUT2D eigenvalue weighted by Gasteiger charge is -2.43. The molecule has 0 aromatic carbocycles. The van der Waals surface area contributed by atoms with Crippen molar-refractivity contribution in [1.82, 2.24) is 0 Å². The van der Waals surface area contributed by atoms with E-state index in [0.29, 0.717) is 25.7 Å². The minimum Gasteiger partial charge on any atom is -0.462 e. The molecule has 0 aromatic heterocycles. The normalized spacial score (nSPS) is 22.3. The summed E-state index contributed by atoms with van der Waals surface area (Å²) >= 11 is 0. The predicted molar refractivity (Wildman–Crippen MR) is 270 cm³/mol. The number of phosphoric acid groups is 2. The Bertz CT molecular complexity index is 1730. The van der Waals surface area contributed by atoms with E-state index in [4.69, 9.17) is 18.5 Å². The summed E-state index contributed by atoms with van der Waals surface area (Å²) in [5, 5.41) is 50.6. The number of carbonyl (C=O) groups excluding carboxylic acids is 2. The summed E-state index contributed by atoms with van der Waals surface area (Å²) in [6.45, 7) is 2.55. The zero-order chi connectivity index (χ0) is 51.9. The Morgan fingerprint density at radius 3 is 1.41 bits per heavy atom. The fourth-order valence-corrected chi connectivity index (χ4v) is 8.32. The van der Waals surface area contributed by atoms with Gasteiger partial charge >= 0.3 is 27.6 Å². The van der Waals surface area contributed by atoms with Crippen LogP contribution in [0.1, 0.15) is 149 Å². The van der Waals surface area contributed by atoms with Crippen LogP contribution in [0, 0.1) is 0 Å². The zero-order valence-corrected chi connectivity index (χ0v) is 43.1. The molecular formula is C51H84O17P2. The van der Waals surface area contributed by atoms with Crippen molar-refractivity contribution >= 4 is 27.6 Å². The van der Waals surface area contributed by atoms with Gasteiger partial charge in [0.2, 0.25) is 0 Å². The van der Waals surface area contributed by atoms with Crippen molar-refractivity contribution in [3.8, 4) is 0 Å². The van der Waals surface area contributed by atoms with Gasteiger partial charge in [-0.25, -0.2) is 9.13 Å². The van der Waals surface area contributed by atoms with Crippen LogP contribution in [0.5, 0.6) is 0 Å². The van der Waals surface area contributed by atoms with E-state index in [2.05, 4.69) is 90.4 Å². The molecule has 0 saturated heterocycles. The number of esters is 2. The third-order valence-electron chi connectivity index (χ3n) is 10.6. The molecule has 1 rings (SSSR count). The Labute approximate surface area is 416 Å². The fraction of sp³-hybridized carbons (Fsp3) is 0.647. The minimum atomic E-state index is -5.38. The summed E-state index contributed by atoms with van der Waals surface area (Å²) in [6, 6.07) is 0. The van der Waals surface area contributed by atoms with E-state index >= 15 is 0 Å². The van der Waals surface area contributed by atoms with E-state index in [1.165, 1.54) is 19.3 Å². The number of ether oxygens (including phenoxy) is 2. The van der Waals surface area contributed by atoms with Gasteiger partial charge in [0.25, 0.3) is 0 Å². The number of phosphoric ester groups is 2. The molecule has 1 aliphatic carbocycles. The highest BCUT2D eigenvalue weighted by Gasteiger charge is 2.54. The summed E-state index contributed by atoms with van der Waals surface area (Å²) < 4.78 is 49.3. The zero-order valence-electron chi connectivity index (χ0n) is 41.3. The van der Waals surface area contributed by atoms with Crippen LogP contribution in [-0.4, -0.2) is 114 Å². The molecule has 0 radical (unpaired) electrons. The molecule has 1 fully saturated rings. The molecule has 5 unspecified atom stereocenters. The van der Waals surface area contributed by atoms with Crippen LogP contribution in [0.2, 0.25) is 0 Å². The number of carbonyl (C=O) groups is 2. The average molecular weight is 1030 g/mol. The lowest BCUT2D eigenvalue weighted by molar-refractivity contribution is -0.216. The maximum Gasteiger partial charge on any atom is 0.472 e. The Balaban J connectivity index is 2.64. The molecule has 0 amide bonds. The topological polar surface area (TPSA) is 276 Å². The first-order valence-corrected chi connectivity index (χ1v) is 27.8. The van der Waals surface area contributed by atoms with Crippen molar-refractivity contribution in [2.75, 3.05) is 13.2 Å². The number of hydrogen-bond donors (Lipinski definition) is 8.